The number of fused-ring (bicyclic) bond motifs is 1. The lowest BCUT2D eigenvalue weighted by molar-refractivity contribution is -0.384. The number of benzene rings is 2. The molecular formula is C17H13BrN4O3. The molecule has 1 aliphatic heterocycles. The number of primary amides is 1. The van der Waals surface area contributed by atoms with E-state index in [9.17, 15) is 14.9 Å². The number of carbonyl (C=O) groups excluding carboxylic acids is 1. The van der Waals surface area contributed by atoms with Gasteiger partial charge in [0.25, 0.3) is 5.69 Å². The zero-order valence-electron chi connectivity index (χ0n) is 13.1. The lowest BCUT2D eigenvalue weighted by Crippen LogP contribution is -2.30. The van der Waals surface area contributed by atoms with E-state index in [1.807, 2.05) is 24.3 Å². The van der Waals surface area contributed by atoms with Crippen molar-refractivity contribution in [3.05, 3.63) is 79.4 Å². The molecule has 0 saturated carbocycles. The van der Waals surface area contributed by atoms with Gasteiger partial charge in [0.05, 0.1) is 10.6 Å². The van der Waals surface area contributed by atoms with E-state index in [0.717, 1.165) is 20.6 Å². The number of amides is 2. The summed E-state index contributed by atoms with van der Waals surface area (Å²) >= 11 is 3.44. The fourth-order valence-corrected chi connectivity index (χ4v) is 2.92. The zero-order valence-corrected chi connectivity index (χ0v) is 14.7. The van der Waals surface area contributed by atoms with Crippen molar-refractivity contribution in [2.45, 2.75) is 6.92 Å². The van der Waals surface area contributed by atoms with Gasteiger partial charge in [-0.3, -0.25) is 10.1 Å². The van der Waals surface area contributed by atoms with E-state index >= 15 is 0 Å². The molecule has 2 aromatic rings. The highest BCUT2D eigenvalue weighted by Crippen LogP contribution is 2.27. The van der Waals surface area contributed by atoms with Crippen LogP contribution in [0.15, 0.2) is 57.7 Å². The number of hydrogen-bond acceptors (Lipinski definition) is 4. The predicted octanol–water partition coefficient (Wildman–Crippen LogP) is 3.86. The minimum atomic E-state index is -0.708. The van der Waals surface area contributed by atoms with Crippen molar-refractivity contribution in [3.8, 4) is 0 Å². The molecule has 0 fully saturated rings. The maximum absolute atomic E-state index is 11.8. The van der Waals surface area contributed by atoms with Crippen LogP contribution in [0.3, 0.4) is 0 Å². The number of nitro groups is 1. The molecule has 0 unspecified atom stereocenters. The molecule has 1 heterocycles. The average molecular weight is 401 g/mol. The number of rotatable bonds is 2. The highest BCUT2D eigenvalue weighted by atomic mass is 79.9. The fraction of sp³-hybridized carbons (Fsp3) is 0.0588. The first-order valence-electron chi connectivity index (χ1n) is 7.28. The molecule has 7 nitrogen and oxygen atoms in total. The molecule has 126 valence electrons. The Kier molecular flexibility index (Phi) is 4.37. The molecule has 0 spiro atoms. The molecule has 0 bridgehead atoms. The topological polar surface area (TPSA) is 102 Å². The third-order valence-electron chi connectivity index (χ3n) is 3.73. The SMILES string of the molecule is CC1=Cc2ccc(Br)cc2C(c2ccc([N+](=O)[O-])cc2)=NN1C(N)=O. The molecule has 8 heteroatoms. The van der Waals surface area contributed by atoms with Gasteiger partial charge in [0.1, 0.15) is 0 Å². The third kappa shape index (κ3) is 3.29. The van der Waals surface area contributed by atoms with Gasteiger partial charge in [-0.2, -0.15) is 10.1 Å². The number of allylic oxidation sites excluding steroid dienone is 1. The molecule has 2 N–H and O–H groups in total. The van der Waals surface area contributed by atoms with Gasteiger partial charge in [-0.1, -0.05) is 22.0 Å². The Hall–Kier alpha value is -3.00. The summed E-state index contributed by atoms with van der Waals surface area (Å²) in [5, 5.41) is 16.4. The largest absolute Gasteiger partial charge is 0.350 e. The first-order valence-corrected chi connectivity index (χ1v) is 8.07. The smallest absolute Gasteiger partial charge is 0.339 e. The van der Waals surface area contributed by atoms with Gasteiger partial charge in [0.2, 0.25) is 0 Å². The third-order valence-corrected chi connectivity index (χ3v) is 4.22. The lowest BCUT2D eigenvalue weighted by atomic mass is 9.97. The highest BCUT2D eigenvalue weighted by molar-refractivity contribution is 9.10. The van der Waals surface area contributed by atoms with Crippen LogP contribution in [-0.4, -0.2) is 21.7 Å². The summed E-state index contributed by atoms with van der Waals surface area (Å²) < 4.78 is 0.847. The Bertz CT molecular complexity index is 935. The number of halogens is 1. The van der Waals surface area contributed by atoms with Crippen LogP contribution in [0.4, 0.5) is 10.5 Å². The minimum Gasteiger partial charge on any atom is -0.350 e. The van der Waals surface area contributed by atoms with E-state index in [4.69, 9.17) is 5.73 Å². The Labute approximate surface area is 151 Å². The van der Waals surface area contributed by atoms with Crippen LogP contribution in [0.2, 0.25) is 0 Å². The van der Waals surface area contributed by atoms with Crippen LogP contribution in [0, 0.1) is 10.1 Å². The number of nitro benzene ring substituents is 1. The van der Waals surface area contributed by atoms with Crippen molar-refractivity contribution in [2.75, 3.05) is 0 Å². The highest BCUT2D eigenvalue weighted by Gasteiger charge is 2.21. The monoisotopic (exact) mass is 400 g/mol. The number of urea groups is 1. The van der Waals surface area contributed by atoms with Crippen molar-refractivity contribution < 1.29 is 9.72 Å². The number of nitrogens with zero attached hydrogens (tertiary/aromatic N) is 3. The van der Waals surface area contributed by atoms with E-state index in [0.29, 0.717) is 17.0 Å². The molecule has 2 amide bonds. The van der Waals surface area contributed by atoms with Crippen molar-refractivity contribution in [1.82, 2.24) is 5.01 Å². The molecule has 0 aliphatic carbocycles. The molecule has 0 radical (unpaired) electrons. The second-order valence-corrected chi connectivity index (χ2v) is 6.34. The maximum atomic E-state index is 11.8. The molecule has 3 rings (SSSR count). The Morgan fingerprint density at radius 3 is 2.52 bits per heavy atom. The van der Waals surface area contributed by atoms with Crippen molar-refractivity contribution in [3.63, 3.8) is 0 Å². The van der Waals surface area contributed by atoms with E-state index in [-0.39, 0.29) is 5.69 Å². The standard InChI is InChI=1S/C17H13BrN4O3/c1-10-8-12-2-5-13(18)9-15(12)16(20-21(10)17(19)23)11-3-6-14(7-4-11)22(24)25/h2-9H,1H3,(H2,19,23). The predicted molar refractivity (Wildman–Crippen MR) is 98.0 cm³/mol. The van der Waals surface area contributed by atoms with E-state index < -0.39 is 11.0 Å². The van der Waals surface area contributed by atoms with Crippen LogP contribution >= 0.6 is 15.9 Å². The second-order valence-electron chi connectivity index (χ2n) is 5.42. The Balaban J connectivity index is 2.22. The van der Waals surface area contributed by atoms with Gasteiger partial charge in [-0.15, -0.1) is 0 Å². The van der Waals surface area contributed by atoms with Crippen LogP contribution in [0.5, 0.6) is 0 Å². The molecule has 0 saturated heterocycles. The number of hydrazone groups is 1. The van der Waals surface area contributed by atoms with Crippen LogP contribution in [0.25, 0.3) is 6.08 Å². The second kappa shape index (κ2) is 6.48. The summed E-state index contributed by atoms with van der Waals surface area (Å²) in [5.74, 6) is 0. The number of hydrogen-bond donors (Lipinski definition) is 1. The average Bonchev–Trinajstić information content (AvgIpc) is 2.71. The van der Waals surface area contributed by atoms with Gasteiger partial charge in [-0.05, 0) is 42.8 Å². The van der Waals surface area contributed by atoms with E-state index in [1.165, 1.54) is 12.1 Å². The lowest BCUT2D eigenvalue weighted by Gasteiger charge is -2.15. The van der Waals surface area contributed by atoms with Gasteiger partial charge in [0.15, 0.2) is 0 Å². The number of nitrogens with two attached hydrogens (primary N) is 1. The quantitative estimate of drug-likeness (QED) is 0.611. The molecule has 0 atom stereocenters. The molecule has 25 heavy (non-hydrogen) atoms. The summed E-state index contributed by atoms with van der Waals surface area (Å²) in [7, 11) is 0. The van der Waals surface area contributed by atoms with Crippen LogP contribution in [0.1, 0.15) is 23.6 Å². The summed E-state index contributed by atoms with van der Waals surface area (Å²) in [4.78, 5) is 22.2. The van der Waals surface area contributed by atoms with E-state index in [1.54, 1.807) is 19.1 Å². The van der Waals surface area contributed by atoms with Crippen molar-refractivity contribution in [1.29, 1.82) is 0 Å². The fourth-order valence-electron chi connectivity index (χ4n) is 2.56. The molecule has 2 aromatic carbocycles. The van der Waals surface area contributed by atoms with Gasteiger partial charge in [0, 0.05) is 33.4 Å². The van der Waals surface area contributed by atoms with Crippen LogP contribution in [-0.2, 0) is 0 Å². The minimum absolute atomic E-state index is 0.0199. The zero-order chi connectivity index (χ0) is 18.1. The van der Waals surface area contributed by atoms with Crippen molar-refractivity contribution in [2.24, 2.45) is 10.8 Å². The first-order chi connectivity index (χ1) is 11.9. The van der Waals surface area contributed by atoms with Gasteiger partial charge < -0.3 is 5.73 Å². The molecular weight excluding hydrogens is 388 g/mol. The molecule has 0 aromatic heterocycles. The van der Waals surface area contributed by atoms with Crippen molar-refractivity contribution >= 4 is 39.4 Å². The first kappa shape index (κ1) is 16.8. The summed E-state index contributed by atoms with van der Waals surface area (Å²) in [6, 6.07) is 10.9. The van der Waals surface area contributed by atoms with E-state index in [2.05, 4.69) is 21.0 Å². The summed E-state index contributed by atoms with van der Waals surface area (Å²) in [5.41, 5.74) is 8.78. The summed E-state index contributed by atoms with van der Waals surface area (Å²) in [6.07, 6.45) is 1.81. The Morgan fingerprint density at radius 2 is 1.92 bits per heavy atom. The summed E-state index contributed by atoms with van der Waals surface area (Å²) in [6.45, 7) is 1.73. The van der Waals surface area contributed by atoms with Gasteiger partial charge >= 0.3 is 6.03 Å². The maximum Gasteiger partial charge on any atom is 0.339 e. The van der Waals surface area contributed by atoms with Crippen LogP contribution < -0.4 is 5.73 Å². The Morgan fingerprint density at radius 1 is 1.24 bits per heavy atom. The number of non-ortho nitro benzene ring substituents is 1. The normalized spacial score (nSPS) is 13.4. The number of carbonyl (C=O) groups is 1. The molecule has 1 aliphatic rings. The van der Waals surface area contributed by atoms with Gasteiger partial charge in [-0.25, -0.2) is 4.79 Å².